The summed E-state index contributed by atoms with van der Waals surface area (Å²) >= 11 is 0. The van der Waals surface area contributed by atoms with E-state index < -0.39 is 6.10 Å². The Morgan fingerprint density at radius 3 is 2.33 bits per heavy atom. The molecule has 0 aromatic heterocycles. The van der Waals surface area contributed by atoms with Crippen LogP contribution in [0.3, 0.4) is 0 Å². The number of amides is 2. The molecule has 21 heavy (non-hydrogen) atoms. The fraction of sp³-hybridized carbons (Fsp3) is 0.562. The van der Waals surface area contributed by atoms with Gasteiger partial charge in [0.05, 0.1) is 12.1 Å². The first kappa shape index (κ1) is 17.4. The minimum Gasteiger partial charge on any atom is -0.393 e. The molecule has 0 bridgehead atoms. The number of rotatable bonds is 5. The van der Waals surface area contributed by atoms with Crippen LogP contribution in [0.2, 0.25) is 0 Å². The quantitative estimate of drug-likeness (QED) is 0.782. The summed E-state index contributed by atoms with van der Waals surface area (Å²) in [4.78, 5) is 11.9. The lowest BCUT2D eigenvalue weighted by molar-refractivity contribution is 0.182. The van der Waals surface area contributed by atoms with Crippen molar-refractivity contribution in [2.75, 3.05) is 6.54 Å². The Kier molecular flexibility index (Phi) is 6.15. The zero-order valence-electron chi connectivity index (χ0n) is 13.1. The predicted molar refractivity (Wildman–Crippen MR) is 81.4 cm³/mol. The van der Waals surface area contributed by atoms with Gasteiger partial charge in [-0.2, -0.15) is 0 Å². The summed E-state index contributed by atoms with van der Waals surface area (Å²) in [5, 5.41) is 14.8. The molecule has 0 spiro atoms. The fourth-order valence-corrected chi connectivity index (χ4v) is 2.03. The van der Waals surface area contributed by atoms with Crippen LogP contribution in [0.5, 0.6) is 0 Å². The molecule has 0 fully saturated rings. The van der Waals surface area contributed by atoms with Gasteiger partial charge in [0.15, 0.2) is 0 Å². The van der Waals surface area contributed by atoms with Crippen molar-refractivity contribution >= 4 is 6.03 Å². The molecule has 0 heterocycles. The highest BCUT2D eigenvalue weighted by Gasteiger charge is 2.27. The van der Waals surface area contributed by atoms with Crippen LogP contribution < -0.4 is 10.6 Å². The van der Waals surface area contributed by atoms with Crippen molar-refractivity contribution in [3.63, 3.8) is 0 Å². The van der Waals surface area contributed by atoms with Crippen molar-refractivity contribution in [2.45, 2.75) is 46.3 Å². The molecule has 1 aromatic carbocycles. The van der Waals surface area contributed by atoms with E-state index in [1.165, 1.54) is 12.1 Å². The van der Waals surface area contributed by atoms with E-state index in [2.05, 4.69) is 10.6 Å². The Bertz CT molecular complexity index is 452. The van der Waals surface area contributed by atoms with E-state index >= 15 is 0 Å². The first-order valence-corrected chi connectivity index (χ1v) is 7.18. The molecule has 2 amide bonds. The Labute approximate surface area is 125 Å². The Morgan fingerprint density at radius 2 is 1.86 bits per heavy atom. The minimum absolute atomic E-state index is 0.209. The summed E-state index contributed by atoms with van der Waals surface area (Å²) in [6.45, 7) is 8.12. The van der Waals surface area contributed by atoms with Gasteiger partial charge in [0.25, 0.3) is 0 Å². The molecule has 0 aliphatic heterocycles. The zero-order chi connectivity index (χ0) is 16.0. The largest absolute Gasteiger partial charge is 0.393 e. The SMILES string of the molecule is CC(O)CCNC(=O)NC(c1ccc(F)cc1)C(C)(C)C. The molecule has 0 saturated heterocycles. The van der Waals surface area contributed by atoms with Gasteiger partial charge < -0.3 is 15.7 Å². The van der Waals surface area contributed by atoms with Gasteiger partial charge in [-0.05, 0) is 36.5 Å². The molecule has 1 aromatic rings. The highest BCUT2D eigenvalue weighted by Crippen LogP contribution is 2.32. The van der Waals surface area contributed by atoms with Gasteiger partial charge >= 0.3 is 6.03 Å². The molecule has 2 atom stereocenters. The highest BCUT2D eigenvalue weighted by atomic mass is 19.1. The van der Waals surface area contributed by atoms with E-state index in [0.29, 0.717) is 13.0 Å². The number of nitrogens with one attached hydrogen (secondary N) is 2. The highest BCUT2D eigenvalue weighted by molar-refractivity contribution is 5.74. The number of benzene rings is 1. The van der Waals surface area contributed by atoms with Crippen molar-refractivity contribution in [3.8, 4) is 0 Å². The summed E-state index contributed by atoms with van der Waals surface area (Å²) in [5.74, 6) is -0.298. The van der Waals surface area contributed by atoms with E-state index in [9.17, 15) is 14.3 Å². The molecular formula is C16H25FN2O2. The second-order valence-electron chi connectivity index (χ2n) is 6.39. The number of hydrogen-bond donors (Lipinski definition) is 3. The summed E-state index contributed by atoms with van der Waals surface area (Å²) < 4.78 is 13.0. The van der Waals surface area contributed by atoms with Crippen LogP contribution in [0.4, 0.5) is 9.18 Å². The lowest BCUT2D eigenvalue weighted by Gasteiger charge is -2.32. The molecule has 0 aliphatic rings. The maximum absolute atomic E-state index is 13.0. The number of carbonyl (C=O) groups excluding carboxylic acids is 1. The maximum atomic E-state index is 13.0. The second-order valence-corrected chi connectivity index (χ2v) is 6.39. The monoisotopic (exact) mass is 296 g/mol. The van der Waals surface area contributed by atoms with E-state index in [-0.39, 0.29) is 23.3 Å². The predicted octanol–water partition coefficient (Wildman–Crippen LogP) is 2.98. The van der Waals surface area contributed by atoms with Crippen molar-refractivity contribution in [3.05, 3.63) is 35.6 Å². The molecule has 4 nitrogen and oxygen atoms in total. The first-order valence-electron chi connectivity index (χ1n) is 7.18. The van der Waals surface area contributed by atoms with Crippen LogP contribution in [0.25, 0.3) is 0 Å². The van der Waals surface area contributed by atoms with Crippen molar-refractivity contribution < 1.29 is 14.3 Å². The third-order valence-electron chi connectivity index (χ3n) is 3.19. The van der Waals surface area contributed by atoms with E-state index in [1.807, 2.05) is 20.8 Å². The van der Waals surface area contributed by atoms with Crippen molar-refractivity contribution in [2.24, 2.45) is 5.41 Å². The lowest BCUT2D eigenvalue weighted by Crippen LogP contribution is -2.43. The van der Waals surface area contributed by atoms with E-state index in [4.69, 9.17) is 0 Å². The molecule has 3 N–H and O–H groups in total. The number of carbonyl (C=O) groups is 1. The van der Waals surface area contributed by atoms with Crippen LogP contribution in [-0.2, 0) is 0 Å². The molecule has 0 radical (unpaired) electrons. The minimum atomic E-state index is -0.444. The van der Waals surface area contributed by atoms with Crippen molar-refractivity contribution in [1.29, 1.82) is 0 Å². The molecule has 1 rings (SSSR count). The van der Waals surface area contributed by atoms with E-state index in [0.717, 1.165) is 5.56 Å². The third-order valence-corrected chi connectivity index (χ3v) is 3.19. The maximum Gasteiger partial charge on any atom is 0.315 e. The topological polar surface area (TPSA) is 61.4 Å². The lowest BCUT2D eigenvalue weighted by atomic mass is 9.82. The number of aliphatic hydroxyl groups excluding tert-OH is 1. The van der Waals surface area contributed by atoms with Gasteiger partial charge in [0, 0.05) is 6.54 Å². The standard InChI is InChI=1S/C16H25FN2O2/c1-11(20)9-10-18-15(21)19-14(16(2,3)4)12-5-7-13(17)8-6-12/h5-8,11,14,20H,9-10H2,1-4H3,(H2,18,19,21). The third kappa shape index (κ3) is 6.12. The van der Waals surface area contributed by atoms with Crippen LogP contribution in [-0.4, -0.2) is 23.8 Å². The normalized spacial score (nSPS) is 14.4. The summed E-state index contributed by atoms with van der Waals surface area (Å²) in [6.07, 6.45) is 0.0604. The molecule has 5 heteroatoms. The van der Waals surface area contributed by atoms with Crippen LogP contribution in [0.15, 0.2) is 24.3 Å². The number of aliphatic hydroxyl groups is 1. The van der Waals surface area contributed by atoms with Gasteiger partial charge in [0.1, 0.15) is 5.82 Å². The Hall–Kier alpha value is -1.62. The van der Waals surface area contributed by atoms with Gasteiger partial charge in [-0.1, -0.05) is 32.9 Å². The van der Waals surface area contributed by atoms with Gasteiger partial charge in [-0.25, -0.2) is 9.18 Å². The summed E-state index contributed by atoms with van der Waals surface area (Å²) in [5.41, 5.74) is 0.647. The number of halogens is 1. The Morgan fingerprint density at radius 1 is 1.29 bits per heavy atom. The van der Waals surface area contributed by atoms with E-state index in [1.54, 1.807) is 19.1 Å². The average molecular weight is 296 g/mol. The molecular weight excluding hydrogens is 271 g/mol. The number of hydrogen-bond acceptors (Lipinski definition) is 2. The van der Waals surface area contributed by atoms with Crippen LogP contribution in [0.1, 0.15) is 45.7 Å². The van der Waals surface area contributed by atoms with Gasteiger partial charge in [-0.3, -0.25) is 0 Å². The second kappa shape index (κ2) is 7.41. The molecule has 0 saturated carbocycles. The summed E-state index contributed by atoms with van der Waals surface area (Å²) in [6, 6.07) is 5.62. The Balaban J connectivity index is 2.71. The fourth-order valence-electron chi connectivity index (χ4n) is 2.03. The molecule has 2 unspecified atom stereocenters. The van der Waals surface area contributed by atoms with Gasteiger partial charge in [0.2, 0.25) is 0 Å². The zero-order valence-corrected chi connectivity index (χ0v) is 13.1. The summed E-state index contributed by atoms with van der Waals surface area (Å²) in [7, 11) is 0. The van der Waals surface area contributed by atoms with Crippen LogP contribution in [0, 0.1) is 11.2 Å². The smallest absolute Gasteiger partial charge is 0.315 e. The number of urea groups is 1. The molecule has 0 aliphatic carbocycles. The van der Waals surface area contributed by atoms with Crippen LogP contribution >= 0.6 is 0 Å². The molecule has 118 valence electrons. The average Bonchev–Trinajstić information content (AvgIpc) is 2.35. The van der Waals surface area contributed by atoms with Crippen molar-refractivity contribution in [1.82, 2.24) is 10.6 Å². The first-order chi connectivity index (χ1) is 9.70. The van der Waals surface area contributed by atoms with Gasteiger partial charge in [-0.15, -0.1) is 0 Å².